The molecule has 2 saturated heterocycles. The van der Waals surface area contributed by atoms with Crippen LogP contribution in [0.4, 0.5) is 0 Å². The summed E-state index contributed by atoms with van der Waals surface area (Å²) in [5.74, 6) is 0. The lowest BCUT2D eigenvalue weighted by Gasteiger charge is -2.38. The number of ether oxygens (including phenoxy) is 1. The number of nitrogens with zero attached hydrogens (tertiary/aromatic N) is 5. The fourth-order valence-corrected chi connectivity index (χ4v) is 3.56. The number of hydrogen-bond acceptors (Lipinski definition) is 5. The van der Waals surface area contributed by atoms with Crippen LogP contribution < -0.4 is 0 Å². The van der Waals surface area contributed by atoms with Crippen LogP contribution in [0.15, 0.2) is 24.7 Å². The molecular weight excluding hydrogens is 266 g/mol. The first-order valence-electron chi connectivity index (χ1n) is 7.56. The van der Waals surface area contributed by atoms with Crippen LogP contribution in [0.1, 0.15) is 12.0 Å². The van der Waals surface area contributed by atoms with Gasteiger partial charge in [0.05, 0.1) is 12.2 Å². The van der Waals surface area contributed by atoms with Gasteiger partial charge in [-0.05, 0) is 31.2 Å². The Kier molecular flexibility index (Phi) is 3.17. The Hall–Kier alpha value is -1.50. The highest BCUT2D eigenvalue weighted by Gasteiger charge is 2.41. The van der Waals surface area contributed by atoms with E-state index in [1.165, 1.54) is 5.56 Å². The standard InChI is InChI=1S/C15H21N5O/c1-18-6-7-21-15(10-18)3-5-19(11-15)9-13-2-4-20-14(8-13)16-12-17-20/h2,4,8,12H,3,5-7,9-11H2,1H3. The van der Waals surface area contributed by atoms with E-state index in [9.17, 15) is 0 Å². The number of pyridine rings is 1. The average Bonchev–Trinajstić information content (AvgIpc) is 3.06. The molecule has 2 fully saturated rings. The molecule has 6 nitrogen and oxygen atoms in total. The average molecular weight is 287 g/mol. The summed E-state index contributed by atoms with van der Waals surface area (Å²) >= 11 is 0. The molecule has 1 spiro atoms. The summed E-state index contributed by atoms with van der Waals surface area (Å²) in [4.78, 5) is 9.12. The summed E-state index contributed by atoms with van der Waals surface area (Å²) in [6, 6.07) is 4.24. The molecule has 1 unspecified atom stereocenters. The molecule has 0 aromatic carbocycles. The molecule has 112 valence electrons. The fraction of sp³-hybridized carbons (Fsp3) is 0.600. The van der Waals surface area contributed by atoms with E-state index >= 15 is 0 Å². The first-order valence-corrected chi connectivity index (χ1v) is 7.56. The van der Waals surface area contributed by atoms with E-state index < -0.39 is 0 Å². The van der Waals surface area contributed by atoms with E-state index in [-0.39, 0.29) is 5.60 Å². The molecule has 2 aromatic rings. The minimum atomic E-state index is 0.0476. The maximum atomic E-state index is 6.11. The molecule has 4 rings (SSSR count). The van der Waals surface area contributed by atoms with Gasteiger partial charge < -0.3 is 9.64 Å². The Morgan fingerprint density at radius 3 is 3.19 bits per heavy atom. The Bertz CT molecular complexity index is 642. The van der Waals surface area contributed by atoms with Crippen molar-refractivity contribution >= 4 is 5.65 Å². The van der Waals surface area contributed by atoms with Crippen molar-refractivity contribution in [3.05, 3.63) is 30.2 Å². The Labute approximate surface area is 124 Å². The van der Waals surface area contributed by atoms with E-state index in [0.717, 1.165) is 51.4 Å². The van der Waals surface area contributed by atoms with Crippen LogP contribution in [-0.2, 0) is 11.3 Å². The van der Waals surface area contributed by atoms with Crippen molar-refractivity contribution in [3.8, 4) is 0 Å². The monoisotopic (exact) mass is 287 g/mol. The van der Waals surface area contributed by atoms with Gasteiger partial charge in [-0.25, -0.2) is 9.50 Å². The molecule has 21 heavy (non-hydrogen) atoms. The largest absolute Gasteiger partial charge is 0.371 e. The molecule has 2 aromatic heterocycles. The first-order chi connectivity index (χ1) is 10.2. The van der Waals surface area contributed by atoms with E-state index in [2.05, 4.69) is 39.1 Å². The fourth-order valence-electron chi connectivity index (χ4n) is 3.56. The van der Waals surface area contributed by atoms with Crippen molar-refractivity contribution in [2.75, 3.05) is 39.8 Å². The van der Waals surface area contributed by atoms with Crippen LogP contribution in [0, 0.1) is 0 Å². The van der Waals surface area contributed by atoms with E-state index in [4.69, 9.17) is 4.74 Å². The quantitative estimate of drug-likeness (QED) is 0.811. The molecule has 1 atom stereocenters. The van der Waals surface area contributed by atoms with Gasteiger partial charge in [0, 0.05) is 38.9 Å². The lowest BCUT2D eigenvalue weighted by atomic mass is 10.0. The third-order valence-electron chi connectivity index (χ3n) is 4.59. The predicted molar refractivity (Wildman–Crippen MR) is 79.1 cm³/mol. The second-order valence-electron chi connectivity index (χ2n) is 6.33. The number of likely N-dealkylation sites (tertiary alicyclic amines) is 1. The maximum absolute atomic E-state index is 6.11. The summed E-state index contributed by atoms with van der Waals surface area (Å²) < 4.78 is 7.91. The second kappa shape index (κ2) is 5.05. The van der Waals surface area contributed by atoms with Gasteiger partial charge in [-0.15, -0.1) is 0 Å². The SMILES string of the molecule is CN1CCOC2(CCN(Cc3ccn4ncnc4c3)C2)C1. The minimum absolute atomic E-state index is 0.0476. The summed E-state index contributed by atoms with van der Waals surface area (Å²) in [7, 11) is 2.19. The van der Waals surface area contributed by atoms with Gasteiger partial charge in [0.25, 0.3) is 0 Å². The van der Waals surface area contributed by atoms with E-state index in [0.29, 0.717) is 0 Å². The van der Waals surface area contributed by atoms with Gasteiger partial charge in [0.15, 0.2) is 5.65 Å². The van der Waals surface area contributed by atoms with Crippen molar-refractivity contribution in [2.24, 2.45) is 0 Å². The van der Waals surface area contributed by atoms with Gasteiger partial charge in [0.2, 0.25) is 0 Å². The van der Waals surface area contributed by atoms with Crippen LogP contribution in [0.25, 0.3) is 5.65 Å². The normalized spacial score (nSPS) is 27.9. The molecule has 0 N–H and O–H groups in total. The van der Waals surface area contributed by atoms with Gasteiger partial charge in [-0.2, -0.15) is 5.10 Å². The van der Waals surface area contributed by atoms with Gasteiger partial charge in [0.1, 0.15) is 6.33 Å². The summed E-state index contributed by atoms with van der Waals surface area (Å²) in [5, 5.41) is 4.13. The highest BCUT2D eigenvalue weighted by Crippen LogP contribution is 2.29. The lowest BCUT2D eigenvalue weighted by molar-refractivity contribution is -0.0950. The highest BCUT2D eigenvalue weighted by atomic mass is 16.5. The molecule has 0 radical (unpaired) electrons. The third kappa shape index (κ3) is 2.54. The Morgan fingerprint density at radius 2 is 2.29 bits per heavy atom. The van der Waals surface area contributed by atoms with Crippen molar-refractivity contribution in [1.29, 1.82) is 0 Å². The van der Waals surface area contributed by atoms with E-state index in [1.807, 2.05) is 6.20 Å². The summed E-state index contributed by atoms with van der Waals surface area (Å²) in [6.07, 6.45) is 4.70. The second-order valence-corrected chi connectivity index (χ2v) is 6.33. The Balaban J connectivity index is 1.46. The van der Waals surface area contributed by atoms with Crippen LogP contribution in [0.3, 0.4) is 0 Å². The smallest absolute Gasteiger partial charge is 0.155 e. The van der Waals surface area contributed by atoms with Gasteiger partial charge in [-0.3, -0.25) is 4.90 Å². The number of aromatic nitrogens is 3. The number of morpholine rings is 1. The molecule has 4 heterocycles. The zero-order chi connectivity index (χ0) is 14.3. The molecule has 2 aliphatic heterocycles. The predicted octanol–water partition coefficient (Wildman–Crippen LogP) is 0.636. The van der Waals surface area contributed by atoms with Crippen LogP contribution in [-0.4, -0.2) is 69.8 Å². The molecule has 0 amide bonds. The zero-order valence-electron chi connectivity index (χ0n) is 12.4. The zero-order valence-corrected chi connectivity index (χ0v) is 12.4. The number of rotatable bonds is 2. The van der Waals surface area contributed by atoms with Crippen molar-refractivity contribution in [1.82, 2.24) is 24.4 Å². The molecule has 0 aliphatic carbocycles. The lowest BCUT2D eigenvalue weighted by Crippen LogP contribution is -2.51. The van der Waals surface area contributed by atoms with E-state index in [1.54, 1.807) is 10.8 Å². The number of hydrogen-bond donors (Lipinski definition) is 0. The number of fused-ring (bicyclic) bond motifs is 1. The van der Waals surface area contributed by atoms with Crippen LogP contribution in [0.2, 0.25) is 0 Å². The molecule has 2 aliphatic rings. The summed E-state index contributed by atoms with van der Waals surface area (Å²) in [6.45, 7) is 6.03. The van der Waals surface area contributed by atoms with Crippen molar-refractivity contribution in [2.45, 2.75) is 18.6 Å². The van der Waals surface area contributed by atoms with Crippen LogP contribution in [0.5, 0.6) is 0 Å². The molecular formula is C15H21N5O. The van der Waals surface area contributed by atoms with Crippen molar-refractivity contribution < 1.29 is 4.74 Å². The molecule has 6 heteroatoms. The first kappa shape index (κ1) is 13.2. The van der Waals surface area contributed by atoms with Gasteiger partial charge in [-0.1, -0.05) is 0 Å². The minimum Gasteiger partial charge on any atom is -0.371 e. The molecule has 0 bridgehead atoms. The van der Waals surface area contributed by atoms with Crippen molar-refractivity contribution in [3.63, 3.8) is 0 Å². The summed E-state index contributed by atoms with van der Waals surface area (Å²) in [5.41, 5.74) is 2.25. The highest BCUT2D eigenvalue weighted by molar-refractivity contribution is 5.39. The van der Waals surface area contributed by atoms with Gasteiger partial charge >= 0.3 is 0 Å². The topological polar surface area (TPSA) is 45.9 Å². The number of likely N-dealkylation sites (N-methyl/N-ethyl adjacent to an activating group) is 1. The van der Waals surface area contributed by atoms with Crippen LogP contribution >= 0.6 is 0 Å². The molecule has 0 saturated carbocycles. The maximum Gasteiger partial charge on any atom is 0.155 e. The Morgan fingerprint density at radius 1 is 1.33 bits per heavy atom. The third-order valence-corrected chi connectivity index (χ3v) is 4.59.